The standard InChI is InChI=1S/C17H12BrNO3/c1-19-14-5-3-2-4-11(14)12(17(19)20)6-10-7-15-16(8-13(10)18)22-9-21-15/h2-8H,9H2,1H3/b12-6-. The Balaban J connectivity index is 1.86. The highest BCUT2D eigenvalue weighted by Crippen LogP contribution is 2.41. The molecule has 1 amide bonds. The van der Waals surface area contributed by atoms with Crippen LogP contribution in [-0.2, 0) is 4.79 Å². The molecule has 0 fully saturated rings. The molecule has 0 unspecified atom stereocenters. The minimum Gasteiger partial charge on any atom is -0.454 e. The van der Waals surface area contributed by atoms with Gasteiger partial charge in [-0.15, -0.1) is 0 Å². The van der Waals surface area contributed by atoms with Crippen molar-refractivity contribution in [2.75, 3.05) is 18.7 Å². The van der Waals surface area contributed by atoms with E-state index in [4.69, 9.17) is 9.47 Å². The summed E-state index contributed by atoms with van der Waals surface area (Å²) in [5.41, 5.74) is 3.44. The normalized spacial score (nSPS) is 17.3. The van der Waals surface area contributed by atoms with E-state index in [1.807, 2.05) is 42.5 Å². The molecule has 0 saturated heterocycles. The number of carbonyl (C=O) groups is 1. The maximum Gasteiger partial charge on any atom is 0.258 e. The minimum absolute atomic E-state index is 0.00855. The van der Waals surface area contributed by atoms with Crippen molar-refractivity contribution >= 4 is 39.2 Å². The van der Waals surface area contributed by atoms with Crippen LogP contribution in [0.1, 0.15) is 11.1 Å². The zero-order chi connectivity index (χ0) is 15.3. The number of rotatable bonds is 1. The molecule has 4 nitrogen and oxygen atoms in total. The lowest BCUT2D eigenvalue weighted by Gasteiger charge is -2.08. The summed E-state index contributed by atoms with van der Waals surface area (Å²) in [4.78, 5) is 14.2. The second-order valence-corrected chi connectivity index (χ2v) is 6.02. The van der Waals surface area contributed by atoms with Crippen molar-refractivity contribution < 1.29 is 14.3 Å². The first kappa shape index (κ1) is 13.4. The predicted molar refractivity (Wildman–Crippen MR) is 88.0 cm³/mol. The molecule has 2 heterocycles. The number of hydrogen-bond donors (Lipinski definition) is 0. The van der Waals surface area contributed by atoms with Crippen LogP contribution in [0.5, 0.6) is 11.5 Å². The van der Waals surface area contributed by atoms with Crippen LogP contribution in [0.2, 0.25) is 0 Å². The van der Waals surface area contributed by atoms with Crippen molar-refractivity contribution in [1.29, 1.82) is 0 Å². The summed E-state index contributed by atoms with van der Waals surface area (Å²) in [5, 5.41) is 0. The van der Waals surface area contributed by atoms with Gasteiger partial charge < -0.3 is 14.4 Å². The van der Waals surface area contributed by atoms with Gasteiger partial charge in [-0.25, -0.2) is 0 Å². The third-order valence-corrected chi connectivity index (χ3v) is 4.57. The Morgan fingerprint density at radius 3 is 2.73 bits per heavy atom. The molecule has 2 aliphatic rings. The second kappa shape index (κ2) is 4.88. The van der Waals surface area contributed by atoms with Gasteiger partial charge in [0.2, 0.25) is 6.79 Å². The highest BCUT2D eigenvalue weighted by Gasteiger charge is 2.29. The molecule has 0 N–H and O–H groups in total. The fourth-order valence-electron chi connectivity index (χ4n) is 2.74. The van der Waals surface area contributed by atoms with Gasteiger partial charge in [-0.1, -0.05) is 34.1 Å². The van der Waals surface area contributed by atoms with Gasteiger partial charge in [-0.2, -0.15) is 0 Å². The maximum absolute atomic E-state index is 12.5. The Kier molecular flexibility index (Phi) is 2.97. The van der Waals surface area contributed by atoms with Crippen molar-refractivity contribution in [2.24, 2.45) is 0 Å². The molecule has 0 atom stereocenters. The summed E-state index contributed by atoms with van der Waals surface area (Å²) in [6.45, 7) is 0.228. The number of likely N-dealkylation sites (N-methyl/N-ethyl adjacent to an activating group) is 1. The van der Waals surface area contributed by atoms with Gasteiger partial charge in [0, 0.05) is 22.7 Å². The average Bonchev–Trinajstić information content (AvgIpc) is 3.06. The molecule has 2 aromatic carbocycles. The van der Waals surface area contributed by atoms with E-state index in [0.717, 1.165) is 21.3 Å². The number of anilines is 1. The van der Waals surface area contributed by atoms with E-state index in [9.17, 15) is 4.79 Å². The second-order valence-electron chi connectivity index (χ2n) is 5.17. The molecule has 5 heteroatoms. The molecule has 0 saturated carbocycles. The summed E-state index contributed by atoms with van der Waals surface area (Å²) in [7, 11) is 1.79. The van der Waals surface area contributed by atoms with Crippen LogP contribution in [0.15, 0.2) is 40.9 Å². The fourth-order valence-corrected chi connectivity index (χ4v) is 3.17. The van der Waals surface area contributed by atoms with Crippen LogP contribution in [0, 0.1) is 0 Å². The lowest BCUT2D eigenvalue weighted by atomic mass is 10.0. The molecule has 0 aliphatic carbocycles. The Morgan fingerprint density at radius 1 is 1.18 bits per heavy atom. The molecule has 110 valence electrons. The lowest BCUT2D eigenvalue weighted by Crippen LogP contribution is -2.20. The van der Waals surface area contributed by atoms with E-state index in [1.165, 1.54) is 0 Å². The van der Waals surface area contributed by atoms with E-state index in [1.54, 1.807) is 11.9 Å². The van der Waals surface area contributed by atoms with Crippen LogP contribution in [0.25, 0.3) is 11.6 Å². The summed E-state index contributed by atoms with van der Waals surface area (Å²) in [6, 6.07) is 11.5. The maximum atomic E-state index is 12.5. The Hall–Kier alpha value is -2.27. The third kappa shape index (κ3) is 1.93. The summed E-state index contributed by atoms with van der Waals surface area (Å²) >= 11 is 3.53. The number of halogens is 1. The number of fused-ring (bicyclic) bond motifs is 2. The highest BCUT2D eigenvalue weighted by atomic mass is 79.9. The van der Waals surface area contributed by atoms with Gasteiger partial charge in [0.05, 0.1) is 5.69 Å². The lowest BCUT2D eigenvalue weighted by molar-refractivity contribution is -0.112. The molecule has 0 aromatic heterocycles. The zero-order valence-corrected chi connectivity index (χ0v) is 13.4. The number of hydrogen-bond acceptors (Lipinski definition) is 3. The first-order chi connectivity index (χ1) is 10.6. The van der Waals surface area contributed by atoms with Gasteiger partial charge >= 0.3 is 0 Å². The first-order valence-corrected chi connectivity index (χ1v) is 7.63. The van der Waals surface area contributed by atoms with Crippen molar-refractivity contribution in [2.45, 2.75) is 0 Å². The molecule has 2 aliphatic heterocycles. The van der Waals surface area contributed by atoms with Crippen LogP contribution in [0.4, 0.5) is 5.69 Å². The topological polar surface area (TPSA) is 38.8 Å². The van der Waals surface area contributed by atoms with E-state index < -0.39 is 0 Å². The quantitative estimate of drug-likeness (QED) is 0.730. The van der Waals surface area contributed by atoms with E-state index in [2.05, 4.69) is 15.9 Å². The van der Waals surface area contributed by atoms with Crippen LogP contribution >= 0.6 is 15.9 Å². The van der Waals surface area contributed by atoms with Crippen molar-refractivity contribution in [3.05, 3.63) is 52.0 Å². The summed E-state index contributed by atoms with van der Waals surface area (Å²) in [6.07, 6.45) is 1.89. The molecule has 0 bridgehead atoms. The van der Waals surface area contributed by atoms with Gasteiger partial charge in [0.1, 0.15) is 0 Å². The number of benzene rings is 2. The summed E-state index contributed by atoms with van der Waals surface area (Å²) < 4.78 is 11.6. The van der Waals surface area contributed by atoms with Crippen molar-refractivity contribution in [3.63, 3.8) is 0 Å². The van der Waals surface area contributed by atoms with Crippen LogP contribution < -0.4 is 14.4 Å². The molecular weight excluding hydrogens is 346 g/mol. The van der Waals surface area contributed by atoms with Crippen molar-refractivity contribution in [3.8, 4) is 11.5 Å². The van der Waals surface area contributed by atoms with E-state index >= 15 is 0 Å². The van der Waals surface area contributed by atoms with Crippen LogP contribution in [-0.4, -0.2) is 19.7 Å². The minimum atomic E-state index is -0.00855. The van der Waals surface area contributed by atoms with Gasteiger partial charge in [-0.05, 0) is 29.8 Å². The summed E-state index contributed by atoms with van der Waals surface area (Å²) in [5.74, 6) is 1.40. The molecule has 22 heavy (non-hydrogen) atoms. The van der Waals surface area contributed by atoms with E-state index in [0.29, 0.717) is 17.1 Å². The SMILES string of the molecule is CN1C(=O)/C(=C\c2cc3c(cc2Br)OCO3)c2ccccc21. The van der Waals surface area contributed by atoms with Gasteiger partial charge in [0.15, 0.2) is 11.5 Å². The smallest absolute Gasteiger partial charge is 0.258 e. The molecule has 2 aromatic rings. The van der Waals surface area contributed by atoms with Gasteiger partial charge in [0.25, 0.3) is 5.91 Å². The third-order valence-electron chi connectivity index (χ3n) is 3.88. The number of ether oxygens (including phenoxy) is 2. The Bertz CT molecular complexity index is 829. The number of carbonyl (C=O) groups excluding carboxylic acids is 1. The largest absolute Gasteiger partial charge is 0.454 e. The van der Waals surface area contributed by atoms with Gasteiger partial charge in [-0.3, -0.25) is 4.79 Å². The highest BCUT2D eigenvalue weighted by molar-refractivity contribution is 9.10. The van der Waals surface area contributed by atoms with E-state index in [-0.39, 0.29) is 12.7 Å². The monoisotopic (exact) mass is 357 g/mol. The predicted octanol–water partition coefficient (Wildman–Crippen LogP) is 3.69. The number of nitrogens with zero attached hydrogens (tertiary/aromatic N) is 1. The van der Waals surface area contributed by atoms with Crippen LogP contribution in [0.3, 0.4) is 0 Å². The van der Waals surface area contributed by atoms with Crippen molar-refractivity contribution in [1.82, 2.24) is 0 Å². The molecule has 0 radical (unpaired) electrons. The zero-order valence-electron chi connectivity index (χ0n) is 11.8. The molecular formula is C17H12BrNO3. The Morgan fingerprint density at radius 2 is 1.91 bits per heavy atom. The number of para-hydroxylation sites is 1. The fraction of sp³-hybridized carbons (Fsp3) is 0.118. The number of amides is 1. The molecule has 4 rings (SSSR count). The average molecular weight is 358 g/mol. The Labute approximate surface area is 136 Å². The first-order valence-electron chi connectivity index (χ1n) is 6.83. The molecule has 0 spiro atoms.